The van der Waals surface area contributed by atoms with Crippen LogP contribution in [0.25, 0.3) is 0 Å². The minimum atomic E-state index is -1.02. The number of hydrogen-bond acceptors (Lipinski definition) is 4. The van der Waals surface area contributed by atoms with Crippen molar-refractivity contribution in [2.45, 2.75) is 13.5 Å². The molecule has 2 aromatic rings. The van der Waals surface area contributed by atoms with E-state index in [0.29, 0.717) is 6.54 Å². The highest BCUT2D eigenvalue weighted by Gasteiger charge is 2.10. The van der Waals surface area contributed by atoms with Crippen LogP contribution in [-0.2, 0) is 6.54 Å². The third-order valence-electron chi connectivity index (χ3n) is 2.79. The fourth-order valence-corrected chi connectivity index (χ4v) is 1.81. The van der Waals surface area contributed by atoms with Crippen LogP contribution >= 0.6 is 0 Å². The highest BCUT2D eigenvalue weighted by atomic mass is 16.4. The summed E-state index contributed by atoms with van der Waals surface area (Å²) in [4.78, 5) is 21.1. The number of aromatic carboxylic acids is 1. The van der Waals surface area contributed by atoms with Gasteiger partial charge in [-0.15, -0.1) is 0 Å². The van der Waals surface area contributed by atoms with Crippen molar-refractivity contribution in [2.24, 2.45) is 0 Å². The van der Waals surface area contributed by atoms with Gasteiger partial charge in [0.1, 0.15) is 5.69 Å². The Morgan fingerprint density at radius 3 is 2.74 bits per heavy atom. The van der Waals surface area contributed by atoms with Crippen LogP contribution in [0.2, 0.25) is 0 Å². The Labute approximate surface area is 111 Å². The molecule has 19 heavy (non-hydrogen) atoms. The van der Waals surface area contributed by atoms with E-state index in [-0.39, 0.29) is 5.69 Å². The second kappa shape index (κ2) is 5.95. The van der Waals surface area contributed by atoms with Crippen molar-refractivity contribution in [2.75, 3.05) is 11.4 Å². The number of aromatic nitrogens is 2. The summed E-state index contributed by atoms with van der Waals surface area (Å²) < 4.78 is 0. The molecular weight excluding hydrogens is 242 g/mol. The molecule has 98 valence electrons. The van der Waals surface area contributed by atoms with E-state index < -0.39 is 5.97 Å². The van der Waals surface area contributed by atoms with E-state index in [9.17, 15) is 4.79 Å². The average Bonchev–Trinajstić information content (AvgIpc) is 2.46. The molecule has 0 fully saturated rings. The number of carbonyl (C=O) groups is 1. The topological polar surface area (TPSA) is 66.3 Å². The third-order valence-corrected chi connectivity index (χ3v) is 2.79. The summed E-state index contributed by atoms with van der Waals surface area (Å²) in [6, 6.07) is 9.13. The fraction of sp³-hybridized carbons (Fsp3) is 0.214. The van der Waals surface area contributed by atoms with E-state index in [0.717, 1.165) is 17.9 Å². The van der Waals surface area contributed by atoms with Gasteiger partial charge in [0, 0.05) is 24.6 Å². The molecular formula is C14H15N3O2. The third kappa shape index (κ3) is 3.28. The lowest BCUT2D eigenvalue weighted by molar-refractivity contribution is 0.0690. The van der Waals surface area contributed by atoms with E-state index in [1.54, 1.807) is 18.3 Å². The van der Waals surface area contributed by atoms with Gasteiger partial charge in [0.2, 0.25) is 0 Å². The number of carboxylic acids is 1. The predicted molar refractivity (Wildman–Crippen MR) is 72.2 cm³/mol. The smallest absolute Gasteiger partial charge is 0.354 e. The van der Waals surface area contributed by atoms with Crippen molar-refractivity contribution in [1.29, 1.82) is 0 Å². The molecule has 2 aromatic heterocycles. The molecule has 0 amide bonds. The van der Waals surface area contributed by atoms with Gasteiger partial charge >= 0.3 is 5.97 Å². The molecule has 0 aliphatic rings. The van der Waals surface area contributed by atoms with Crippen LogP contribution in [0.5, 0.6) is 0 Å². The lowest BCUT2D eigenvalue weighted by Crippen LogP contribution is -2.23. The monoisotopic (exact) mass is 257 g/mol. The first-order valence-corrected chi connectivity index (χ1v) is 6.05. The van der Waals surface area contributed by atoms with Gasteiger partial charge < -0.3 is 10.0 Å². The highest BCUT2D eigenvalue weighted by molar-refractivity contribution is 5.86. The molecule has 0 saturated heterocycles. The van der Waals surface area contributed by atoms with Crippen LogP contribution in [0.1, 0.15) is 23.1 Å². The van der Waals surface area contributed by atoms with Crippen molar-refractivity contribution < 1.29 is 9.90 Å². The number of hydrogen-bond donors (Lipinski definition) is 1. The Balaban J connectivity index is 2.22. The van der Waals surface area contributed by atoms with Crippen molar-refractivity contribution in [1.82, 2.24) is 9.97 Å². The van der Waals surface area contributed by atoms with Gasteiger partial charge in [-0.2, -0.15) is 0 Å². The van der Waals surface area contributed by atoms with Crippen LogP contribution in [0, 0.1) is 0 Å². The first kappa shape index (κ1) is 13.0. The molecule has 0 radical (unpaired) electrons. The average molecular weight is 257 g/mol. The molecule has 0 atom stereocenters. The van der Waals surface area contributed by atoms with Gasteiger partial charge in [0.05, 0.1) is 12.2 Å². The highest BCUT2D eigenvalue weighted by Crippen LogP contribution is 2.16. The lowest BCUT2D eigenvalue weighted by Gasteiger charge is -2.22. The van der Waals surface area contributed by atoms with Gasteiger partial charge in [-0.3, -0.25) is 4.98 Å². The molecule has 5 heteroatoms. The fourth-order valence-electron chi connectivity index (χ4n) is 1.81. The summed E-state index contributed by atoms with van der Waals surface area (Å²) in [6.07, 6.45) is 3.26. The summed E-state index contributed by atoms with van der Waals surface area (Å²) in [5.74, 6) is -1.02. The van der Waals surface area contributed by atoms with E-state index in [4.69, 9.17) is 5.11 Å². The summed E-state index contributed by atoms with van der Waals surface area (Å²) in [7, 11) is 0. The molecule has 0 aliphatic heterocycles. The van der Waals surface area contributed by atoms with Gasteiger partial charge in [-0.1, -0.05) is 6.07 Å². The largest absolute Gasteiger partial charge is 0.477 e. The molecule has 0 aliphatic carbocycles. The van der Waals surface area contributed by atoms with Crippen molar-refractivity contribution in [3.8, 4) is 0 Å². The summed E-state index contributed by atoms with van der Waals surface area (Å²) >= 11 is 0. The summed E-state index contributed by atoms with van der Waals surface area (Å²) in [5.41, 5.74) is 1.83. The number of pyridine rings is 2. The second-order valence-electron chi connectivity index (χ2n) is 4.04. The molecule has 0 unspecified atom stereocenters. The lowest BCUT2D eigenvalue weighted by atomic mass is 10.2. The molecule has 0 bridgehead atoms. The molecule has 0 saturated carbocycles. The molecule has 0 aromatic carbocycles. The first-order chi connectivity index (χ1) is 9.20. The zero-order valence-corrected chi connectivity index (χ0v) is 10.7. The van der Waals surface area contributed by atoms with E-state index in [1.165, 1.54) is 6.20 Å². The number of nitrogens with zero attached hydrogens (tertiary/aromatic N) is 3. The van der Waals surface area contributed by atoms with Crippen LogP contribution in [0.3, 0.4) is 0 Å². The predicted octanol–water partition coefficient (Wildman–Crippen LogP) is 2.20. The molecule has 0 spiro atoms. The van der Waals surface area contributed by atoms with Gasteiger partial charge in [-0.05, 0) is 31.2 Å². The van der Waals surface area contributed by atoms with Gasteiger partial charge in [0.15, 0.2) is 0 Å². The Morgan fingerprint density at radius 2 is 2.11 bits per heavy atom. The normalized spacial score (nSPS) is 10.2. The molecule has 2 heterocycles. The maximum absolute atomic E-state index is 10.9. The molecule has 1 N–H and O–H groups in total. The standard InChI is InChI=1S/C14H15N3O2/c1-2-17(10-11-5-3-4-7-15-11)12-6-8-16-13(9-12)14(18)19/h3-9H,2,10H2,1H3,(H,18,19). The number of rotatable bonds is 5. The number of anilines is 1. The zero-order chi connectivity index (χ0) is 13.7. The van der Waals surface area contributed by atoms with Crippen LogP contribution < -0.4 is 4.90 Å². The van der Waals surface area contributed by atoms with Gasteiger partial charge in [0.25, 0.3) is 0 Å². The molecule has 5 nitrogen and oxygen atoms in total. The second-order valence-corrected chi connectivity index (χ2v) is 4.04. The Hall–Kier alpha value is -2.43. The molecule has 2 rings (SSSR count). The Bertz CT molecular complexity index is 558. The zero-order valence-electron chi connectivity index (χ0n) is 10.7. The van der Waals surface area contributed by atoms with Crippen LogP contribution in [0.4, 0.5) is 5.69 Å². The summed E-state index contributed by atoms with van der Waals surface area (Å²) in [6.45, 7) is 3.42. The minimum absolute atomic E-state index is 0.0528. The maximum Gasteiger partial charge on any atom is 0.354 e. The van der Waals surface area contributed by atoms with Crippen LogP contribution in [-0.4, -0.2) is 27.6 Å². The van der Waals surface area contributed by atoms with Crippen molar-refractivity contribution in [3.63, 3.8) is 0 Å². The Kier molecular flexibility index (Phi) is 4.07. The first-order valence-electron chi connectivity index (χ1n) is 6.05. The van der Waals surface area contributed by atoms with Crippen LogP contribution in [0.15, 0.2) is 42.7 Å². The summed E-state index contributed by atoms with van der Waals surface area (Å²) in [5, 5.41) is 8.96. The van der Waals surface area contributed by atoms with Crippen molar-refractivity contribution in [3.05, 3.63) is 54.1 Å². The van der Waals surface area contributed by atoms with E-state index in [2.05, 4.69) is 14.9 Å². The van der Waals surface area contributed by atoms with E-state index >= 15 is 0 Å². The minimum Gasteiger partial charge on any atom is -0.477 e. The van der Waals surface area contributed by atoms with E-state index in [1.807, 2.05) is 25.1 Å². The van der Waals surface area contributed by atoms with Gasteiger partial charge in [-0.25, -0.2) is 9.78 Å². The Morgan fingerprint density at radius 1 is 1.26 bits per heavy atom. The quantitative estimate of drug-likeness (QED) is 0.889. The maximum atomic E-state index is 10.9. The van der Waals surface area contributed by atoms with Crippen molar-refractivity contribution >= 4 is 11.7 Å². The number of carboxylic acid groups (broad SMARTS) is 1. The SMILES string of the molecule is CCN(Cc1ccccn1)c1ccnc(C(=O)O)c1.